The van der Waals surface area contributed by atoms with Gasteiger partial charge in [-0.15, -0.1) is 0 Å². The van der Waals surface area contributed by atoms with E-state index in [1.807, 2.05) is 6.07 Å². The van der Waals surface area contributed by atoms with Crippen molar-refractivity contribution in [1.29, 1.82) is 0 Å². The molecule has 0 bridgehead atoms. The molecule has 1 heterocycles. The fraction of sp³-hybridized carbons (Fsp3) is 0.182. The zero-order valence-electron chi connectivity index (χ0n) is 9.24. The normalized spacial score (nSPS) is 18.7. The fourth-order valence-electron chi connectivity index (χ4n) is 1.38. The number of ether oxygens (including phenoxy) is 2. The smallest absolute Gasteiger partial charge is 0.432 e. The van der Waals surface area contributed by atoms with E-state index in [9.17, 15) is 14.4 Å². The van der Waals surface area contributed by atoms with Crippen molar-refractivity contribution in [3.05, 3.63) is 35.9 Å². The highest BCUT2D eigenvalue weighted by Crippen LogP contribution is 2.12. The van der Waals surface area contributed by atoms with Crippen LogP contribution < -0.4 is 5.84 Å². The second-order valence-corrected chi connectivity index (χ2v) is 3.57. The number of carbonyl (C=O) groups is 3. The van der Waals surface area contributed by atoms with Crippen molar-refractivity contribution < 1.29 is 23.9 Å². The summed E-state index contributed by atoms with van der Waals surface area (Å²) in [6, 6.07) is 8.90. The molecule has 7 heteroatoms. The number of hydrogen-bond acceptors (Lipinski definition) is 6. The molecule has 2 amide bonds. The lowest BCUT2D eigenvalue weighted by molar-refractivity contribution is -0.157. The summed E-state index contributed by atoms with van der Waals surface area (Å²) >= 11 is 0. The Balaban J connectivity index is 1.93. The largest absolute Gasteiger partial charge is 0.458 e. The Hall–Kier alpha value is -2.41. The number of hydrogen-bond donors (Lipinski definition) is 1. The van der Waals surface area contributed by atoms with Gasteiger partial charge in [0.15, 0.2) is 0 Å². The number of amides is 2. The Morgan fingerprint density at radius 2 is 2.00 bits per heavy atom. The maximum absolute atomic E-state index is 11.5. The molecule has 1 atom stereocenters. The van der Waals surface area contributed by atoms with Gasteiger partial charge < -0.3 is 9.47 Å². The predicted molar refractivity (Wildman–Crippen MR) is 57.5 cm³/mol. The van der Waals surface area contributed by atoms with Crippen molar-refractivity contribution in [1.82, 2.24) is 5.01 Å². The van der Waals surface area contributed by atoms with Crippen LogP contribution >= 0.6 is 0 Å². The van der Waals surface area contributed by atoms with E-state index in [2.05, 4.69) is 4.74 Å². The molecule has 1 aliphatic rings. The van der Waals surface area contributed by atoms with Crippen LogP contribution in [-0.4, -0.2) is 29.1 Å². The summed E-state index contributed by atoms with van der Waals surface area (Å²) in [4.78, 5) is 33.8. The summed E-state index contributed by atoms with van der Waals surface area (Å²) in [6.45, 7) is -0.00836. The number of nitrogens with two attached hydrogens (primary N) is 1. The van der Waals surface area contributed by atoms with Crippen molar-refractivity contribution in [2.75, 3.05) is 0 Å². The minimum atomic E-state index is -1.61. The lowest BCUT2D eigenvalue weighted by Gasteiger charge is -2.07. The Labute approximate surface area is 102 Å². The lowest BCUT2D eigenvalue weighted by Crippen LogP contribution is -2.40. The lowest BCUT2D eigenvalue weighted by atomic mass is 10.2. The first kappa shape index (κ1) is 12.1. The minimum absolute atomic E-state index is 0.00836. The molecular formula is C11H10N2O5. The maximum atomic E-state index is 11.5. The van der Waals surface area contributed by atoms with Gasteiger partial charge in [-0.2, -0.15) is 5.01 Å². The number of hydrazine groups is 1. The van der Waals surface area contributed by atoms with Gasteiger partial charge in [-0.05, 0) is 5.56 Å². The molecule has 0 aliphatic carbocycles. The van der Waals surface area contributed by atoms with E-state index in [-0.39, 0.29) is 11.6 Å². The predicted octanol–water partition coefficient (Wildman–Crippen LogP) is -0.0491. The van der Waals surface area contributed by atoms with Gasteiger partial charge in [0.2, 0.25) is 0 Å². The first-order chi connectivity index (χ1) is 8.59. The molecule has 18 heavy (non-hydrogen) atoms. The fourth-order valence-corrected chi connectivity index (χ4v) is 1.38. The molecule has 2 N–H and O–H groups in total. The van der Waals surface area contributed by atoms with Gasteiger partial charge in [0.1, 0.15) is 6.61 Å². The first-order valence-corrected chi connectivity index (χ1v) is 5.09. The van der Waals surface area contributed by atoms with Crippen LogP contribution in [0.3, 0.4) is 0 Å². The quantitative estimate of drug-likeness (QED) is 0.349. The summed E-state index contributed by atoms with van der Waals surface area (Å²) in [6.07, 6.45) is -2.67. The van der Waals surface area contributed by atoms with Crippen LogP contribution in [0.25, 0.3) is 0 Å². The highest BCUT2D eigenvalue weighted by Gasteiger charge is 2.45. The van der Waals surface area contributed by atoms with Gasteiger partial charge in [0.25, 0.3) is 12.0 Å². The van der Waals surface area contributed by atoms with Crippen molar-refractivity contribution >= 4 is 18.0 Å². The monoisotopic (exact) mass is 250 g/mol. The third-order valence-corrected chi connectivity index (χ3v) is 2.32. The Morgan fingerprint density at radius 3 is 2.56 bits per heavy atom. The average Bonchev–Trinajstić information content (AvgIpc) is 2.65. The summed E-state index contributed by atoms with van der Waals surface area (Å²) in [5.41, 5.74) is 0.757. The van der Waals surface area contributed by atoms with E-state index in [0.717, 1.165) is 5.56 Å². The van der Waals surface area contributed by atoms with Gasteiger partial charge in [-0.3, -0.25) is 4.79 Å². The number of rotatable bonds is 3. The van der Waals surface area contributed by atoms with E-state index < -0.39 is 24.1 Å². The molecule has 94 valence electrons. The molecule has 1 aromatic rings. The van der Waals surface area contributed by atoms with Crippen LogP contribution in [0.1, 0.15) is 5.56 Å². The molecule has 0 spiro atoms. The molecule has 2 rings (SSSR count). The van der Waals surface area contributed by atoms with Crippen LogP contribution in [0.4, 0.5) is 4.79 Å². The summed E-state index contributed by atoms with van der Waals surface area (Å²) in [5.74, 6) is 3.19. The number of cyclic esters (lactones) is 1. The third-order valence-electron chi connectivity index (χ3n) is 2.32. The van der Waals surface area contributed by atoms with Crippen LogP contribution in [0.5, 0.6) is 0 Å². The van der Waals surface area contributed by atoms with Gasteiger partial charge in [0.05, 0.1) is 0 Å². The van der Waals surface area contributed by atoms with Crippen molar-refractivity contribution in [2.45, 2.75) is 12.7 Å². The number of imide groups is 1. The van der Waals surface area contributed by atoms with E-state index >= 15 is 0 Å². The van der Waals surface area contributed by atoms with Crippen LogP contribution in [0.2, 0.25) is 0 Å². The topological polar surface area (TPSA) is 98.9 Å². The van der Waals surface area contributed by atoms with Crippen LogP contribution in [0, 0.1) is 0 Å². The SMILES string of the molecule is NN1C(=O)OC(C(=O)OCc2ccccc2)C1=O. The van der Waals surface area contributed by atoms with Gasteiger partial charge in [-0.1, -0.05) is 30.3 Å². The molecule has 1 aromatic carbocycles. The number of benzene rings is 1. The Bertz CT molecular complexity index is 487. The van der Waals surface area contributed by atoms with Crippen molar-refractivity contribution in [3.8, 4) is 0 Å². The molecule has 1 unspecified atom stereocenters. The molecule has 0 aromatic heterocycles. The summed E-state index contributed by atoms with van der Waals surface area (Å²) in [5, 5.41) is 0.244. The molecule has 1 fully saturated rings. The molecule has 0 radical (unpaired) electrons. The molecule has 1 saturated heterocycles. The highest BCUT2D eigenvalue weighted by molar-refractivity contribution is 6.10. The Kier molecular flexibility index (Phi) is 3.24. The van der Waals surface area contributed by atoms with Gasteiger partial charge in [-0.25, -0.2) is 15.4 Å². The molecular weight excluding hydrogens is 240 g/mol. The number of esters is 1. The van der Waals surface area contributed by atoms with Crippen molar-refractivity contribution in [3.63, 3.8) is 0 Å². The standard InChI is InChI=1S/C11H10N2O5/c12-13-9(14)8(18-11(13)16)10(15)17-6-7-4-2-1-3-5-7/h1-5,8H,6,12H2. The summed E-state index contributed by atoms with van der Waals surface area (Å²) < 4.78 is 9.33. The number of nitrogens with zero attached hydrogens (tertiary/aromatic N) is 1. The molecule has 0 saturated carbocycles. The van der Waals surface area contributed by atoms with E-state index in [0.29, 0.717) is 0 Å². The van der Waals surface area contributed by atoms with E-state index in [4.69, 9.17) is 10.6 Å². The van der Waals surface area contributed by atoms with Gasteiger partial charge in [0, 0.05) is 0 Å². The van der Waals surface area contributed by atoms with Gasteiger partial charge >= 0.3 is 12.1 Å². The minimum Gasteiger partial charge on any atom is -0.458 e. The zero-order chi connectivity index (χ0) is 13.1. The third kappa shape index (κ3) is 2.30. The molecule has 7 nitrogen and oxygen atoms in total. The highest BCUT2D eigenvalue weighted by atomic mass is 16.6. The summed E-state index contributed by atoms with van der Waals surface area (Å²) in [7, 11) is 0. The Morgan fingerprint density at radius 1 is 1.33 bits per heavy atom. The average molecular weight is 250 g/mol. The molecule has 1 aliphatic heterocycles. The zero-order valence-corrected chi connectivity index (χ0v) is 9.24. The van der Waals surface area contributed by atoms with Crippen LogP contribution in [0.15, 0.2) is 30.3 Å². The van der Waals surface area contributed by atoms with Crippen LogP contribution in [-0.2, 0) is 25.7 Å². The first-order valence-electron chi connectivity index (χ1n) is 5.09. The van der Waals surface area contributed by atoms with Crippen molar-refractivity contribution in [2.24, 2.45) is 5.84 Å². The second kappa shape index (κ2) is 4.84. The second-order valence-electron chi connectivity index (χ2n) is 3.57. The maximum Gasteiger partial charge on any atom is 0.432 e. The number of carbonyl (C=O) groups excluding carboxylic acids is 3. The van der Waals surface area contributed by atoms with E-state index in [1.165, 1.54) is 0 Å². The van der Waals surface area contributed by atoms with E-state index in [1.54, 1.807) is 24.3 Å².